The zero-order chi connectivity index (χ0) is 4.85. The average Bonchev–Trinajstić information content (AvgIpc) is 1.85. The molecule has 3 aliphatic rings. The molecular formula is C3H3NOS2. The summed E-state index contributed by atoms with van der Waals surface area (Å²) in [5.41, 5.74) is 0. The second kappa shape index (κ2) is 1.18. The van der Waals surface area contributed by atoms with Crippen molar-refractivity contribution in [3.63, 3.8) is 0 Å². The van der Waals surface area contributed by atoms with Gasteiger partial charge in [-0.05, 0) is 0 Å². The maximum absolute atomic E-state index is 10.5. The SMILES string of the molecule is O=C1SC2NC1S2. The molecule has 0 radical (unpaired) electrons. The van der Waals surface area contributed by atoms with Gasteiger partial charge in [-0.25, -0.2) is 0 Å². The van der Waals surface area contributed by atoms with Gasteiger partial charge in [0.25, 0.3) is 0 Å². The minimum Gasteiger partial charge on any atom is -0.284 e. The van der Waals surface area contributed by atoms with Gasteiger partial charge >= 0.3 is 0 Å². The summed E-state index contributed by atoms with van der Waals surface area (Å²) in [6, 6.07) is 0. The summed E-state index contributed by atoms with van der Waals surface area (Å²) in [5.74, 6) is 0. The zero-order valence-electron chi connectivity index (χ0n) is 3.38. The summed E-state index contributed by atoms with van der Waals surface area (Å²) in [6.07, 6.45) is 0. The van der Waals surface area contributed by atoms with Crippen LogP contribution in [0.15, 0.2) is 0 Å². The fourth-order valence-electron chi connectivity index (χ4n) is 0.606. The van der Waals surface area contributed by atoms with Crippen LogP contribution in [0.25, 0.3) is 0 Å². The summed E-state index contributed by atoms with van der Waals surface area (Å²) in [5, 5.41) is 3.49. The topological polar surface area (TPSA) is 29.1 Å². The monoisotopic (exact) mass is 133 g/mol. The highest BCUT2D eigenvalue weighted by atomic mass is 32.2. The Morgan fingerprint density at radius 2 is 2.43 bits per heavy atom. The van der Waals surface area contributed by atoms with Crippen LogP contribution in [-0.4, -0.2) is 15.2 Å². The van der Waals surface area contributed by atoms with Gasteiger partial charge in [0.1, 0.15) is 10.1 Å². The van der Waals surface area contributed by atoms with Crippen molar-refractivity contribution < 1.29 is 4.79 Å². The van der Waals surface area contributed by atoms with E-state index in [9.17, 15) is 4.79 Å². The number of rotatable bonds is 0. The highest BCUT2D eigenvalue weighted by molar-refractivity contribution is 8.31. The van der Waals surface area contributed by atoms with Crippen molar-refractivity contribution in [3.05, 3.63) is 0 Å². The lowest BCUT2D eigenvalue weighted by atomic mass is 10.7. The van der Waals surface area contributed by atoms with Crippen molar-refractivity contribution in [1.29, 1.82) is 0 Å². The fourth-order valence-corrected chi connectivity index (χ4v) is 3.03. The van der Waals surface area contributed by atoms with Gasteiger partial charge in [0, 0.05) is 0 Å². The van der Waals surface area contributed by atoms with Crippen LogP contribution in [0.4, 0.5) is 0 Å². The maximum Gasteiger partial charge on any atom is 0.218 e. The van der Waals surface area contributed by atoms with Gasteiger partial charge in [-0.1, -0.05) is 11.8 Å². The molecule has 38 valence electrons. The fraction of sp³-hybridized carbons (Fsp3) is 0.667. The third-order valence-electron chi connectivity index (χ3n) is 0.984. The molecule has 2 atom stereocenters. The standard InChI is InChI=1S/C3H3NOS2/c5-2-1-4-3(6-1)7-2/h1,3-4H. The number of carbonyl (C=O) groups excluding carboxylic acids is 1. The minimum atomic E-state index is 0.148. The van der Waals surface area contributed by atoms with E-state index in [1.807, 2.05) is 0 Å². The van der Waals surface area contributed by atoms with Gasteiger partial charge < -0.3 is 0 Å². The van der Waals surface area contributed by atoms with Crippen molar-refractivity contribution in [3.8, 4) is 0 Å². The van der Waals surface area contributed by atoms with Crippen LogP contribution >= 0.6 is 23.5 Å². The highest BCUT2D eigenvalue weighted by Crippen LogP contribution is 2.45. The Labute approximate surface area is 49.4 Å². The number of thioether (sulfide) groups is 2. The molecule has 7 heavy (non-hydrogen) atoms. The van der Waals surface area contributed by atoms with Crippen molar-refractivity contribution in [2.24, 2.45) is 0 Å². The van der Waals surface area contributed by atoms with Crippen LogP contribution in [0.5, 0.6) is 0 Å². The van der Waals surface area contributed by atoms with E-state index < -0.39 is 0 Å². The minimum absolute atomic E-state index is 0.148. The van der Waals surface area contributed by atoms with Gasteiger partial charge in [-0.3, -0.25) is 10.1 Å². The lowest BCUT2D eigenvalue weighted by Crippen LogP contribution is -2.38. The third kappa shape index (κ3) is 0.445. The first kappa shape index (κ1) is 4.23. The van der Waals surface area contributed by atoms with E-state index in [2.05, 4.69) is 5.32 Å². The van der Waals surface area contributed by atoms with E-state index in [0.29, 0.717) is 9.82 Å². The predicted molar refractivity (Wildman–Crippen MR) is 30.9 cm³/mol. The maximum atomic E-state index is 10.5. The largest absolute Gasteiger partial charge is 0.284 e. The summed E-state index contributed by atoms with van der Waals surface area (Å²) < 4.78 is 0.400. The first-order valence-electron chi connectivity index (χ1n) is 1.98. The molecule has 0 amide bonds. The Morgan fingerprint density at radius 1 is 1.71 bits per heavy atom. The van der Waals surface area contributed by atoms with Gasteiger partial charge in [-0.15, -0.1) is 11.8 Å². The molecule has 0 aliphatic carbocycles. The molecule has 2 nitrogen and oxygen atoms in total. The van der Waals surface area contributed by atoms with Crippen LogP contribution in [0.3, 0.4) is 0 Å². The molecule has 0 spiro atoms. The molecule has 3 heterocycles. The number of fused-ring (bicyclic) bond motifs is 1. The number of nitrogens with one attached hydrogen (secondary N) is 1. The molecule has 3 aliphatic heterocycles. The molecule has 4 heteroatoms. The normalized spacial score (nSPS) is 46.6. The summed E-state index contributed by atoms with van der Waals surface area (Å²) in [6.45, 7) is 0. The first-order valence-corrected chi connectivity index (χ1v) is 3.80. The van der Waals surface area contributed by atoms with Crippen LogP contribution < -0.4 is 5.32 Å². The van der Waals surface area contributed by atoms with Crippen LogP contribution in [-0.2, 0) is 4.79 Å². The van der Waals surface area contributed by atoms with E-state index in [1.54, 1.807) is 11.8 Å². The van der Waals surface area contributed by atoms with Crippen molar-refractivity contribution in [1.82, 2.24) is 5.32 Å². The Balaban J connectivity index is 2.27. The van der Waals surface area contributed by atoms with Gasteiger partial charge in [0.05, 0.1) is 0 Å². The molecule has 3 saturated heterocycles. The van der Waals surface area contributed by atoms with Crippen LogP contribution in [0, 0.1) is 0 Å². The van der Waals surface area contributed by atoms with E-state index in [4.69, 9.17) is 0 Å². The quantitative estimate of drug-likeness (QED) is 0.511. The smallest absolute Gasteiger partial charge is 0.218 e. The molecule has 0 aromatic rings. The molecule has 0 aromatic heterocycles. The summed E-state index contributed by atoms with van der Waals surface area (Å²) >= 11 is 3.11. The lowest BCUT2D eigenvalue weighted by molar-refractivity contribution is -0.110. The van der Waals surface area contributed by atoms with E-state index in [1.165, 1.54) is 11.8 Å². The second-order valence-corrected chi connectivity index (χ2v) is 4.07. The zero-order valence-corrected chi connectivity index (χ0v) is 5.01. The number of hydrogen-bond donors (Lipinski definition) is 1. The van der Waals surface area contributed by atoms with Crippen LogP contribution in [0.1, 0.15) is 0 Å². The van der Waals surface area contributed by atoms with Crippen molar-refractivity contribution in [2.45, 2.75) is 10.1 Å². The van der Waals surface area contributed by atoms with E-state index in [-0.39, 0.29) is 5.37 Å². The molecule has 2 bridgehead atoms. The van der Waals surface area contributed by atoms with Gasteiger partial charge in [0.15, 0.2) is 0 Å². The Morgan fingerprint density at radius 3 is 2.57 bits per heavy atom. The summed E-state index contributed by atoms with van der Waals surface area (Å²) in [7, 11) is 0. The Bertz CT molecular complexity index is 120. The Hall–Kier alpha value is 0.330. The van der Waals surface area contributed by atoms with Gasteiger partial charge in [-0.2, -0.15) is 0 Å². The first-order chi connectivity index (χ1) is 3.36. The molecule has 2 unspecified atom stereocenters. The molecule has 0 saturated carbocycles. The van der Waals surface area contributed by atoms with Crippen LogP contribution in [0.2, 0.25) is 0 Å². The molecule has 0 aromatic carbocycles. The average molecular weight is 133 g/mol. The highest BCUT2D eigenvalue weighted by Gasteiger charge is 2.44. The van der Waals surface area contributed by atoms with Crippen molar-refractivity contribution >= 4 is 28.6 Å². The Kier molecular flexibility index (Phi) is 0.715. The predicted octanol–water partition coefficient (Wildman–Crippen LogP) is 0.206. The second-order valence-electron chi connectivity index (χ2n) is 1.45. The summed E-state index contributed by atoms with van der Waals surface area (Å²) in [4.78, 5) is 10.5. The third-order valence-corrected chi connectivity index (χ3v) is 3.58. The lowest BCUT2D eigenvalue weighted by Gasteiger charge is -2.20. The van der Waals surface area contributed by atoms with E-state index in [0.717, 1.165) is 0 Å². The molecule has 1 N–H and O–H groups in total. The molecule has 3 rings (SSSR count). The van der Waals surface area contributed by atoms with E-state index >= 15 is 0 Å². The van der Waals surface area contributed by atoms with Crippen molar-refractivity contribution in [2.75, 3.05) is 0 Å². The number of hydrogen-bond acceptors (Lipinski definition) is 4. The van der Waals surface area contributed by atoms with Gasteiger partial charge in [0.2, 0.25) is 5.12 Å². The molecular weight excluding hydrogens is 130 g/mol. The molecule has 3 fully saturated rings. The number of carbonyl (C=O) groups is 1.